The van der Waals surface area contributed by atoms with E-state index in [0.29, 0.717) is 29.2 Å². The predicted octanol–water partition coefficient (Wildman–Crippen LogP) is 4.96. The van der Waals surface area contributed by atoms with Gasteiger partial charge in [0.15, 0.2) is 5.84 Å². The number of ether oxygens (including phenoxy) is 1. The number of aromatic nitrogens is 1. The number of halogens is 2. The molecule has 0 spiro atoms. The Labute approximate surface area is 194 Å². The van der Waals surface area contributed by atoms with E-state index in [-0.39, 0.29) is 16.4 Å². The third-order valence-electron chi connectivity index (χ3n) is 4.79. The van der Waals surface area contributed by atoms with Crippen LogP contribution in [0, 0.1) is 4.91 Å². The molecule has 1 aromatic heterocycles. The van der Waals surface area contributed by atoms with Gasteiger partial charge in [-0.3, -0.25) is 4.79 Å². The standard InChI is InChI=1S/C23H20Cl2N4O3/c1-32-18-4-2-3-16(13-18)7-10-21-19(24)14-20(25)23(30)29(21)12-11-15-5-8-17(9-6-15)22(26)27-28-31/h2-10,13-14H,11-12H2,1H3,(H2,26,27,31)/b10-7+. The van der Waals surface area contributed by atoms with Crippen molar-refractivity contribution in [2.75, 3.05) is 7.11 Å². The van der Waals surface area contributed by atoms with Gasteiger partial charge >= 0.3 is 0 Å². The van der Waals surface area contributed by atoms with E-state index < -0.39 is 0 Å². The number of nitrogens with two attached hydrogens (primary N) is 1. The summed E-state index contributed by atoms with van der Waals surface area (Å²) in [6.45, 7) is 0.357. The average Bonchev–Trinajstić information content (AvgIpc) is 2.80. The lowest BCUT2D eigenvalue weighted by atomic mass is 10.1. The molecule has 0 saturated heterocycles. The Kier molecular flexibility index (Phi) is 7.81. The zero-order chi connectivity index (χ0) is 23.1. The van der Waals surface area contributed by atoms with Crippen LogP contribution < -0.4 is 16.0 Å². The molecule has 7 nitrogen and oxygen atoms in total. The van der Waals surface area contributed by atoms with Gasteiger partial charge in [-0.25, -0.2) is 0 Å². The van der Waals surface area contributed by atoms with Gasteiger partial charge in [0.05, 0.1) is 23.1 Å². The fourth-order valence-electron chi connectivity index (χ4n) is 3.11. The van der Waals surface area contributed by atoms with Gasteiger partial charge in [0, 0.05) is 12.1 Å². The summed E-state index contributed by atoms with van der Waals surface area (Å²) in [5.41, 5.74) is 8.31. The minimum absolute atomic E-state index is 0.0364. The number of hydrogen-bond acceptors (Lipinski definition) is 4. The first-order chi connectivity index (χ1) is 15.4. The highest BCUT2D eigenvalue weighted by Crippen LogP contribution is 2.22. The number of methoxy groups -OCH3 is 1. The highest BCUT2D eigenvalue weighted by molar-refractivity contribution is 6.35. The van der Waals surface area contributed by atoms with Crippen LogP contribution in [0.4, 0.5) is 0 Å². The lowest BCUT2D eigenvalue weighted by Crippen LogP contribution is -2.24. The van der Waals surface area contributed by atoms with Gasteiger partial charge in [-0.05, 0) is 41.8 Å². The van der Waals surface area contributed by atoms with Gasteiger partial charge < -0.3 is 15.0 Å². The molecule has 3 aromatic rings. The van der Waals surface area contributed by atoms with Crippen molar-refractivity contribution < 1.29 is 4.74 Å². The maximum atomic E-state index is 12.7. The fourth-order valence-corrected chi connectivity index (χ4v) is 3.65. The van der Waals surface area contributed by atoms with Crippen LogP contribution >= 0.6 is 23.2 Å². The van der Waals surface area contributed by atoms with E-state index in [1.165, 1.54) is 6.07 Å². The topological polar surface area (TPSA) is 99.0 Å². The Bertz CT molecular complexity index is 1230. The molecule has 3 rings (SSSR count). The molecule has 0 aliphatic heterocycles. The van der Waals surface area contributed by atoms with Gasteiger partial charge in [0.25, 0.3) is 5.56 Å². The monoisotopic (exact) mass is 470 g/mol. The molecule has 0 radical (unpaired) electrons. The Hall–Kier alpha value is -3.42. The van der Waals surface area contributed by atoms with Crippen molar-refractivity contribution in [2.45, 2.75) is 13.0 Å². The summed E-state index contributed by atoms with van der Waals surface area (Å²) in [5.74, 6) is 0.763. The van der Waals surface area contributed by atoms with Crippen LogP contribution in [0.3, 0.4) is 0 Å². The molecule has 1 heterocycles. The summed E-state index contributed by atoms with van der Waals surface area (Å²) in [4.78, 5) is 23.0. The Balaban J connectivity index is 1.87. The van der Waals surface area contributed by atoms with Crippen molar-refractivity contribution in [3.8, 4) is 5.75 Å². The van der Waals surface area contributed by atoms with E-state index in [0.717, 1.165) is 16.9 Å². The first kappa shape index (κ1) is 23.2. The number of aryl methyl sites for hydroxylation is 1. The summed E-state index contributed by atoms with van der Waals surface area (Å²) < 4.78 is 6.79. The maximum absolute atomic E-state index is 12.7. The van der Waals surface area contributed by atoms with Crippen molar-refractivity contribution in [1.29, 1.82) is 0 Å². The quantitative estimate of drug-likeness (QED) is 0.217. The highest BCUT2D eigenvalue weighted by atomic mass is 35.5. The van der Waals surface area contributed by atoms with Crippen molar-refractivity contribution in [1.82, 2.24) is 4.57 Å². The second kappa shape index (κ2) is 10.7. The third-order valence-corrected chi connectivity index (χ3v) is 5.36. The van der Waals surface area contributed by atoms with Crippen molar-refractivity contribution in [2.24, 2.45) is 16.1 Å². The molecule has 0 atom stereocenters. The molecule has 32 heavy (non-hydrogen) atoms. The van der Waals surface area contributed by atoms with Gasteiger partial charge in [-0.1, -0.05) is 70.8 Å². The van der Waals surface area contributed by atoms with E-state index >= 15 is 0 Å². The van der Waals surface area contributed by atoms with E-state index in [9.17, 15) is 9.70 Å². The van der Waals surface area contributed by atoms with Crippen LogP contribution in [0.1, 0.15) is 22.4 Å². The molecule has 0 amide bonds. The summed E-state index contributed by atoms with van der Waals surface area (Å²) in [6, 6.07) is 16.1. The second-order valence-electron chi connectivity index (χ2n) is 6.81. The molecule has 0 bridgehead atoms. The Morgan fingerprint density at radius 2 is 1.84 bits per heavy atom. The predicted molar refractivity (Wildman–Crippen MR) is 129 cm³/mol. The molecule has 2 aromatic carbocycles. The third kappa shape index (κ3) is 5.63. The maximum Gasteiger partial charge on any atom is 0.269 e. The Morgan fingerprint density at radius 1 is 1.09 bits per heavy atom. The molecule has 164 valence electrons. The van der Waals surface area contributed by atoms with Crippen molar-refractivity contribution in [3.63, 3.8) is 0 Å². The van der Waals surface area contributed by atoms with E-state index in [1.54, 1.807) is 29.9 Å². The number of nitrogens with zero attached hydrogens (tertiary/aromatic N) is 3. The molecule has 0 aliphatic carbocycles. The van der Waals surface area contributed by atoms with Crippen molar-refractivity contribution >= 4 is 41.2 Å². The molecule has 0 aliphatic rings. The first-order valence-electron chi connectivity index (χ1n) is 9.59. The minimum Gasteiger partial charge on any atom is -0.497 e. The molecule has 0 saturated carbocycles. The number of amidine groups is 1. The zero-order valence-electron chi connectivity index (χ0n) is 17.2. The number of nitroso groups, excluding NO2 is 1. The molecule has 9 heteroatoms. The lowest BCUT2D eigenvalue weighted by Gasteiger charge is -2.13. The summed E-state index contributed by atoms with van der Waals surface area (Å²) in [6.07, 6.45) is 4.17. The van der Waals surface area contributed by atoms with Crippen LogP contribution in [0.5, 0.6) is 5.75 Å². The fraction of sp³-hybridized carbons (Fsp3) is 0.130. The number of rotatable bonds is 8. The largest absolute Gasteiger partial charge is 0.497 e. The normalized spacial score (nSPS) is 11.7. The van der Waals surface area contributed by atoms with Gasteiger partial charge in [0.2, 0.25) is 0 Å². The second-order valence-corrected chi connectivity index (χ2v) is 7.62. The molecular weight excluding hydrogens is 451 g/mol. The Morgan fingerprint density at radius 3 is 2.53 bits per heavy atom. The smallest absolute Gasteiger partial charge is 0.269 e. The van der Waals surface area contributed by atoms with Gasteiger partial charge in [-0.15, -0.1) is 4.91 Å². The van der Waals surface area contributed by atoms with E-state index in [1.807, 2.05) is 42.5 Å². The summed E-state index contributed by atoms with van der Waals surface area (Å²) in [7, 11) is 1.60. The van der Waals surface area contributed by atoms with Gasteiger partial charge in [0.1, 0.15) is 10.8 Å². The zero-order valence-corrected chi connectivity index (χ0v) is 18.7. The average molecular weight is 471 g/mol. The number of pyridine rings is 1. The highest BCUT2D eigenvalue weighted by Gasteiger charge is 2.11. The SMILES string of the molecule is COc1cccc(/C=C/c2c(Cl)cc(Cl)c(=O)n2CCc2ccc(C(N)=NN=O)cc2)c1. The van der Waals surface area contributed by atoms with Crippen molar-refractivity contribution in [3.05, 3.63) is 102 Å². The summed E-state index contributed by atoms with van der Waals surface area (Å²) in [5, 5.41) is 6.14. The van der Waals surface area contributed by atoms with E-state index in [4.69, 9.17) is 33.7 Å². The number of benzene rings is 2. The minimum atomic E-state index is -0.327. The van der Waals surface area contributed by atoms with Crippen LogP contribution in [0.2, 0.25) is 10.0 Å². The van der Waals surface area contributed by atoms with Crippen LogP contribution in [0.15, 0.2) is 69.8 Å². The molecule has 0 fully saturated rings. The molecular formula is C23H20Cl2N4O3. The van der Waals surface area contributed by atoms with Gasteiger partial charge in [-0.2, -0.15) is 0 Å². The first-order valence-corrected chi connectivity index (χ1v) is 10.3. The van der Waals surface area contributed by atoms with Crippen LogP contribution in [-0.4, -0.2) is 17.5 Å². The van der Waals surface area contributed by atoms with E-state index in [2.05, 4.69) is 10.4 Å². The molecule has 0 unspecified atom stereocenters. The summed E-state index contributed by atoms with van der Waals surface area (Å²) >= 11 is 12.5. The number of hydrogen-bond donors (Lipinski definition) is 1. The lowest BCUT2D eigenvalue weighted by molar-refractivity contribution is 0.414. The van der Waals surface area contributed by atoms with Crippen LogP contribution in [0.25, 0.3) is 12.2 Å². The molecule has 2 N–H and O–H groups in total. The van der Waals surface area contributed by atoms with Crippen LogP contribution in [-0.2, 0) is 13.0 Å².